The number of nitrogens with two attached hydrogens (primary N) is 1. The van der Waals surface area contributed by atoms with Crippen LogP contribution >= 0.6 is 0 Å². The second-order valence-corrected chi connectivity index (χ2v) is 10.2. The number of carboxylic acids is 3. The van der Waals surface area contributed by atoms with Crippen molar-refractivity contribution in [1.82, 2.24) is 31.5 Å². The molecule has 0 aliphatic carbocycles. The molecule has 1 saturated heterocycles. The largest absolute Gasteiger partial charge is 0.481 e. The van der Waals surface area contributed by atoms with Crippen molar-refractivity contribution in [2.45, 2.75) is 75.3 Å². The lowest BCUT2D eigenvalue weighted by atomic mass is 10.1. The minimum Gasteiger partial charge on any atom is -0.481 e. The highest BCUT2D eigenvalue weighted by Crippen LogP contribution is 2.17. The molecular formula is C25H39N7O14. The van der Waals surface area contributed by atoms with E-state index in [0.29, 0.717) is 6.42 Å². The first-order chi connectivity index (χ1) is 21.5. The van der Waals surface area contributed by atoms with Gasteiger partial charge in [-0.15, -0.1) is 0 Å². The number of aliphatic hydroxyl groups is 2. The number of likely N-dealkylation sites (tertiary alicyclic amines) is 1. The van der Waals surface area contributed by atoms with E-state index in [9.17, 15) is 48.3 Å². The lowest BCUT2D eigenvalue weighted by molar-refractivity contribution is -0.143. The van der Waals surface area contributed by atoms with Gasteiger partial charge >= 0.3 is 17.9 Å². The predicted molar refractivity (Wildman–Crippen MR) is 150 cm³/mol. The van der Waals surface area contributed by atoms with Gasteiger partial charge in [0.1, 0.15) is 36.3 Å². The first-order valence-corrected chi connectivity index (χ1v) is 13.9. The first kappa shape index (κ1) is 39.1. The Morgan fingerprint density at radius 1 is 0.783 bits per heavy atom. The summed E-state index contributed by atoms with van der Waals surface area (Å²) in [5, 5.41) is 56.4. The van der Waals surface area contributed by atoms with Crippen LogP contribution in [0.3, 0.4) is 0 Å². The van der Waals surface area contributed by atoms with Gasteiger partial charge in [0.25, 0.3) is 0 Å². The Balaban J connectivity index is 2.95. The molecule has 0 bridgehead atoms. The maximum absolute atomic E-state index is 12.9. The van der Waals surface area contributed by atoms with Crippen molar-refractivity contribution in [2.24, 2.45) is 5.73 Å². The van der Waals surface area contributed by atoms with Crippen LogP contribution in [0.1, 0.15) is 39.0 Å². The molecule has 6 amide bonds. The second kappa shape index (κ2) is 18.8. The highest BCUT2D eigenvalue weighted by atomic mass is 16.4. The Morgan fingerprint density at radius 2 is 1.37 bits per heavy atom. The molecule has 0 saturated carbocycles. The van der Waals surface area contributed by atoms with Crippen LogP contribution in [0, 0.1) is 0 Å². The summed E-state index contributed by atoms with van der Waals surface area (Å²) in [4.78, 5) is 110. The molecule has 0 radical (unpaired) electrons. The number of carbonyl (C=O) groups is 9. The number of amides is 6. The topological polar surface area (TPSA) is 344 Å². The number of hydrogen-bond donors (Lipinski definition) is 11. The SMILES string of the molecule is C[C@H](NC(=O)[C@@H]1CCCN1C(=O)CNC(=O)[C@H](CCC(=O)O)NC(=O)[C@H](CO)NC(=O)[C@H](CC(=O)O)NC(=O)[C@@H](N)CO)C(=O)O. The summed E-state index contributed by atoms with van der Waals surface area (Å²) in [6, 6.07) is -8.97. The second-order valence-electron chi connectivity index (χ2n) is 10.2. The van der Waals surface area contributed by atoms with Crippen molar-refractivity contribution >= 4 is 53.4 Å². The minimum atomic E-state index is -1.83. The molecule has 0 aromatic carbocycles. The van der Waals surface area contributed by atoms with Gasteiger partial charge in [0.05, 0.1) is 26.2 Å². The van der Waals surface area contributed by atoms with Crippen LogP contribution in [0.15, 0.2) is 0 Å². The molecule has 12 N–H and O–H groups in total. The average molecular weight is 662 g/mol. The van der Waals surface area contributed by atoms with Crippen LogP contribution in [-0.4, -0.2) is 146 Å². The van der Waals surface area contributed by atoms with Gasteiger partial charge in [0, 0.05) is 13.0 Å². The standard InChI is InChI=1S/C25H39N7O14/c1-11(25(45)46)28-24(44)16-3-2-6-32(16)17(35)8-27-21(41)13(4-5-18(36)37)29-23(43)15(10-34)31-22(42)14(7-19(38)39)30-20(40)12(26)9-33/h11-16,33-34H,2-10,26H2,1H3,(H,27,41)(H,28,44)(H,29,43)(H,30,40)(H,31,42)(H,36,37)(H,38,39)(H,45,46)/t11-,12-,13-,14-,15-,16-/m0/s1. The Kier molecular flexibility index (Phi) is 16.0. The van der Waals surface area contributed by atoms with Crippen molar-refractivity contribution in [1.29, 1.82) is 0 Å². The van der Waals surface area contributed by atoms with Crippen molar-refractivity contribution in [3.8, 4) is 0 Å². The zero-order chi connectivity index (χ0) is 35.1. The Bertz CT molecular complexity index is 1180. The molecule has 46 heavy (non-hydrogen) atoms. The summed E-state index contributed by atoms with van der Waals surface area (Å²) >= 11 is 0. The van der Waals surface area contributed by atoms with E-state index in [2.05, 4.69) is 16.0 Å². The number of aliphatic hydroxyl groups excluding tert-OH is 2. The molecule has 258 valence electrons. The number of carbonyl (C=O) groups excluding carboxylic acids is 6. The van der Waals surface area contributed by atoms with Crippen LogP contribution in [0.5, 0.6) is 0 Å². The molecule has 0 spiro atoms. The smallest absolute Gasteiger partial charge is 0.325 e. The van der Waals surface area contributed by atoms with E-state index in [1.807, 2.05) is 10.6 Å². The zero-order valence-corrected chi connectivity index (χ0v) is 24.8. The van der Waals surface area contributed by atoms with E-state index in [4.69, 9.17) is 26.2 Å². The zero-order valence-electron chi connectivity index (χ0n) is 24.8. The molecule has 0 aromatic heterocycles. The summed E-state index contributed by atoms with van der Waals surface area (Å²) in [6.45, 7) is -1.25. The first-order valence-electron chi connectivity index (χ1n) is 13.9. The van der Waals surface area contributed by atoms with Gasteiger partial charge in [-0.2, -0.15) is 0 Å². The number of aliphatic carboxylic acids is 3. The summed E-state index contributed by atoms with van der Waals surface area (Å²) in [6.07, 6.45) is -1.49. The number of nitrogens with one attached hydrogen (secondary N) is 5. The van der Waals surface area contributed by atoms with Crippen molar-refractivity contribution in [3.63, 3.8) is 0 Å². The van der Waals surface area contributed by atoms with Crippen molar-refractivity contribution in [3.05, 3.63) is 0 Å². The molecular weight excluding hydrogens is 622 g/mol. The van der Waals surface area contributed by atoms with Gasteiger partial charge in [-0.25, -0.2) is 0 Å². The average Bonchev–Trinajstić information content (AvgIpc) is 3.49. The van der Waals surface area contributed by atoms with Gasteiger partial charge in [-0.05, 0) is 26.2 Å². The quantitative estimate of drug-likeness (QED) is 0.0613. The predicted octanol–water partition coefficient (Wildman–Crippen LogP) is -6.21. The molecule has 0 aromatic rings. The third kappa shape index (κ3) is 12.6. The van der Waals surface area contributed by atoms with Crippen LogP contribution < -0.4 is 32.3 Å². The molecule has 1 fully saturated rings. The fourth-order valence-electron chi connectivity index (χ4n) is 4.12. The maximum atomic E-state index is 12.9. The fourth-order valence-corrected chi connectivity index (χ4v) is 4.12. The molecule has 1 aliphatic rings. The molecule has 1 heterocycles. The van der Waals surface area contributed by atoms with E-state index in [1.165, 1.54) is 6.92 Å². The van der Waals surface area contributed by atoms with E-state index >= 15 is 0 Å². The monoisotopic (exact) mass is 661 g/mol. The van der Waals surface area contributed by atoms with Gasteiger partial charge in [-0.1, -0.05) is 0 Å². The van der Waals surface area contributed by atoms with E-state index in [1.54, 1.807) is 0 Å². The van der Waals surface area contributed by atoms with Gasteiger partial charge < -0.3 is 62.8 Å². The van der Waals surface area contributed by atoms with Crippen LogP contribution in [0.4, 0.5) is 0 Å². The highest BCUT2D eigenvalue weighted by molar-refractivity contribution is 5.97. The fraction of sp³-hybridized carbons (Fsp3) is 0.640. The van der Waals surface area contributed by atoms with E-state index in [0.717, 1.165) is 4.90 Å². The van der Waals surface area contributed by atoms with Crippen LogP contribution in [0.25, 0.3) is 0 Å². The number of hydrogen-bond acceptors (Lipinski definition) is 12. The Hall–Kier alpha value is -4.89. The lowest BCUT2D eigenvalue weighted by Crippen LogP contribution is -2.59. The minimum absolute atomic E-state index is 0.126. The Morgan fingerprint density at radius 3 is 1.91 bits per heavy atom. The van der Waals surface area contributed by atoms with Crippen LogP contribution in [-0.2, 0) is 43.2 Å². The third-order valence-electron chi connectivity index (χ3n) is 6.66. The molecule has 0 unspecified atom stereocenters. The molecule has 21 heteroatoms. The lowest BCUT2D eigenvalue weighted by Gasteiger charge is -2.26. The summed E-state index contributed by atoms with van der Waals surface area (Å²) < 4.78 is 0. The van der Waals surface area contributed by atoms with E-state index < -0.39 is 129 Å². The summed E-state index contributed by atoms with van der Waals surface area (Å²) in [7, 11) is 0. The molecule has 1 aliphatic heterocycles. The molecule has 1 rings (SSSR count). The van der Waals surface area contributed by atoms with Gasteiger partial charge in [0.15, 0.2) is 0 Å². The third-order valence-corrected chi connectivity index (χ3v) is 6.66. The highest BCUT2D eigenvalue weighted by Gasteiger charge is 2.36. The van der Waals surface area contributed by atoms with E-state index in [-0.39, 0.29) is 13.0 Å². The molecule has 6 atom stereocenters. The van der Waals surface area contributed by atoms with Crippen LogP contribution in [0.2, 0.25) is 0 Å². The normalized spacial score (nSPS) is 17.3. The van der Waals surface area contributed by atoms with Crippen molar-refractivity contribution in [2.75, 3.05) is 26.3 Å². The number of carboxylic acid groups (broad SMARTS) is 3. The van der Waals surface area contributed by atoms with Crippen molar-refractivity contribution < 1.29 is 68.7 Å². The Labute approximate surface area is 261 Å². The number of nitrogens with zero attached hydrogens (tertiary/aromatic N) is 1. The summed E-state index contributed by atoms with van der Waals surface area (Å²) in [5.74, 6) is -10.2. The van der Waals surface area contributed by atoms with Gasteiger partial charge in [-0.3, -0.25) is 43.2 Å². The molecule has 21 nitrogen and oxygen atoms in total. The van der Waals surface area contributed by atoms with Gasteiger partial charge in [0.2, 0.25) is 35.4 Å². The maximum Gasteiger partial charge on any atom is 0.325 e. The summed E-state index contributed by atoms with van der Waals surface area (Å²) in [5.41, 5.74) is 5.34. The number of rotatable bonds is 19.